The number of benzene rings is 1. The SMILES string of the molecule is O=C(O)C(=Cc1ccc(OCC(O)CO)cc1)OCC(O)CO. The Balaban J connectivity index is 2.70. The Morgan fingerprint density at radius 2 is 1.61 bits per heavy atom. The highest BCUT2D eigenvalue weighted by atomic mass is 16.5. The van der Waals surface area contributed by atoms with E-state index in [0.29, 0.717) is 11.3 Å². The fourth-order valence-electron chi connectivity index (χ4n) is 1.46. The minimum atomic E-state index is -1.30. The average Bonchev–Trinajstić information content (AvgIpc) is 2.56. The number of aliphatic carboxylic acids is 1. The van der Waals surface area contributed by atoms with Crippen LogP contribution < -0.4 is 4.74 Å². The van der Waals surface area contributed by atoms with Gasteiger partial charge in [0.1, 0.15) is 31.2 Å². The van der Waals surface area contributed by atoms with E-state index in [9.17, 15) is 9.90 Å². The predicted molar refractivity (Wildman–Crippen MR) is 79.7 cm³/mol. The Morgan fingerprint density at radius 3 is 2.13 bits per heavy atom. The van der Waals surface area contributed by atoms with E-state index in [1.54, 1.807) is 24.3 Å². The summed E-state index contributed by atoms with van der Waals surface area (Å²) in [5.74, 6) is -1.23. The summed E-state index contributed by atoms with van der Waals surface area (Å²) >= 11 is 0. The van der Waals surface area contributed by atoms with E-state index in [1.165, 1.54) is 6.08 Å². The third-order valence-electron chi connectivity index (χ3n) is 2.68. The van der Waals surface area contributed by atoms with Crippen LogP contribution in [-0.4, -0.2) is 70.1 Å². The van der Waals surface area contributed by atoms with Gasteiger partial charge in [0.05, 0.1) is 13.2 Å². The largest absolute Gasteiger partial charge is 0.491 e. The summed E-state index contributed by atoms with van der Waals surface area (Å²) in [5, 5.41) is 44.7. The third kappa shape index (κ3) is 7.11. The first-order chi connectivity index (χ1) is 11.0. The van der Waals surface area contributed by atoms with Crippen molar-refractivity contribution in [1.82, 2.24) is 0 Å². The lowest BCUT2D eigenvalue weighted by atomic mass is 10.2. The molecule has 8 nitrogen and oxygen atoms in total. The molecule has 0 aliphatic carbocycles. The highest BCUT2D eigenvalue weighted by Gasteiger charge is 2.12. The summed E-state index contributed by atoms with van der Waals surface area (Å²) < 4.78 is 10.2. The molecule has 5 N–H and O–H groups in total. The molecule has 0 spiro atoms. The first-order valence-electron chi connectivity index (χ1n) is 6.84. The molecule has 0 amide bonds. The normalized spacial score (nSPS) is 14.2. The van der Waals surface area contributed by atoms with E-state index in [2.05, 4.69) is 0 Å². The van der Waals surface area contributed by atoms with Crippen LogP contribution in [0.15, 0.2) is 30.0 Å². The van der Waals surface area contributed by atoms with Crippen LogP contribution in [0.3, 0.4) is 0 Å². The van der Waals surface area contributed by atoms with Gasteiger partial charge in [-0.15, -0.1) is 0 Å². The Labute approximate surface area is 132 Å². The fourth-order valence-corrected chi connectivity index (χ4v) is 1.46. The molecule has 1 aromatic carbocycles. The van der Waals surface area contributed by atoms with Crippen LogP contribution in [0.25, 0.3) is 6.08 Å². The quantitative estimate of drug-likeness (QED) is 0.278. The number of aliphatic hydroxyl groups excluding tert-OH is 4. The molecule has 0 radical (unpaired) electrons. The zero-order chi connectivity index (χ0) is 17.2. The van der Waals surface area contributed by atoms with Crippen molar-refractivity contribution in [3.63, 3.8) is 0 Å². The molecule has 1 aromatic rings. The molecule has 0 heterocycles. The molecule has 1 rings (SSSR count). The van der Waals surface area contributed by atoms with Gasteiger partial charge in [0, 0.05) is 0 Å². The van der Waals surface area contributed by atoms with Crippen molar-refractivity contribution < 1.29 is 39.8 Å². The maximum atomic E-state index is 11.1. The van der Waals surface area contributed by atoms with Gasteiger partial charge in [-0.3, -0.25) is 0 Å². The topological polar surface area (TPSA) is 137 Å². The van der Waals surface area contributed by atoms with E-state index in [0.717, 1.165) is 0 Å². The van der Waals surface area contributed by atoms with Crippen molar-refractivity contribution in [2.45, 2.75) is 12.2 Å². The number of carbonyl (C=O) groups is 1. The second-order valence-corrected chi connectivity index (χ2v) is 4.68. The van der Waals surface area contributed by atoms with E-state index in [4.69, 9.17) is 29.9 Å². The monoisotopic (exact) mass is 328 g/mol. The van der Waals surface area contributed by atoms with Gasteiger partial charge in [-0.25, -0.2) is 4.79 Å². The molecule has 0 saturated carbocycles. The summed E-state index contributed by atoms with van der Waals surface area (Å²) in [6.45, 7) is -1.33. The summed E-state index contributed by atoms with van der Waals surface area (Å²) in [6, 6.07) is 6.29. The molecular weight excluding hydrogens is 308 g/mol. The molecule has 128 valence electrons. The van der Waals surface area contributed by atoms with Gasteiger partial charge >= 0.3 is 5.97 Å². The summed E-state index contributed by atoms with van der Waals surface area (Å²) in [7, 11) is 0. The fraction of sp³-hybridized carbons (Fsp3) is 0.400. The second kappa shape index (κ2) is 9.80. The molecule has 0 saturated heterocycles. The summed E-state index contributed by atoms with van der Waals surface area (Å²) in [5.41, 5.74) is 0.524. The highest BCUT2D eigenvalue weighted by molar-refractivity contribution is 5.89. The molecule has 0 aliphatic heterocycles. The van der Waals surface area contributed by atoms with E-state index < -0.39 is 31.4 Å². The van der Waals surface area contributed by atoms with Gasteiger partial charge in [0.15, 0.2) is 0 Å². The summed E-state index contributed by atoms with van der Waals surface area (Å²) in [4.78, 5) is 11.1. The maximum Gasteiger partial charge on any atom is 0.371 e. The van der Waals surface area contributed by atoms with Crippen molar-refractivity contribution in [3.05, 3.63) is 35.6 Å². The molecule has 2 atom stereocenters. The number of aliphatic hydroxyl groups is 4. The van der Waals surface area contributed by atoms with Crippen LogP contribution in [-0.2, 0) is 9.53 Å². The molecule has 2 unspecified atom stereocenters. The first-order valence-corrected chi connectivity index (χ1v) is 6.84. The minimum Gasteiger partial charge on any atom is -0.491 e. The van der Waals surface area contributed by atoms with Crippen molar-refractivity contribution in [1.29, 1.82) is 0 Å². The zero-order valence-electron chi connectivity index (χ0n) is 12.3. The van der Waals surface area contributed by atoms with E-state index in [1.807, 2.05) is 0 Å². The number of rotatable bonds is 10. The lowest BCUT2D eigenvalue weighted by Crippen LogP contribution is -2.21. The number of carboxylic acids is 1. The Kier molecular flexibility index (Phi) is 8.06. The van der Waals surface area contributed by atoms with Crippen LogP contribution in [0.4, 0.5) is 0 Å². The van der Waals surface area contributed by atoms with Crippen LogP contribution in [0, 0.1) is 0 Å². The standard InChI is InChI=1S/C15H20O8/c16-6-11(18)8-22-13-3-1-10(2-4-13)5-14(15(20)21)23-9-12(19)7-17/h1-5,11-12,16-19H,6-9H2,(H,20,21). The number of hydrogen-bond donors (Lipinski definition) is 5. The second-order valence-electron chi connectivity index (χ2n) is 4.68. The lowest BCUT2D eigenvalue weighted by Gasteiger charge is -2.11. The molecule has 23 heavy (non-hydrogen) atoms. The van der Waals surface area contributed by atoms with E-state index in [-0.39, 0.29) is 19.0 Å². The number of hydrogen-bond acceptors (Lipinski definition) is 7. The van der Waals surface area contributed by atoms with Crippen molar-refractivity contribution in [3.8, 4) is 5.75 Å². The Bertz CT molecular complexity index is 511. The van der Waals surface area contributed by atoms with Gasteiger partial charge in [0.2, 0.25) is 5.76 Å². The third-order valence-corrected chi connectivity index (χ3v) is 2.68. The minimum absolute atomic E-state index is 0.0613. The van der Waals surface area contributed by atoms with E-state index >= 15 is 0 Å². The molecule has 0 bridgehead atoms. The van der Waals surface area contributed by atoms with Gasteiger partial charge in [0.25, 0.3) is 0 Å². The Morgan fingerprint density at radius 1 is 1.04 bits per heavy atom. The van der Waals surface area contributed by atoms with Gasteiger partial charge in [-0.2, -0.15) is 0 Å². The zero-order valence-corrected chi connectivity index (χ0v) is 12.3. The van der Waals surface area contributed by atoms with Crippen LogP contribution >= 0.6 is 0 Å². The van der Waals surface area contributed by atoms with Crippen LogP contribution in [0.2, 0.25) is 0 Å². The van der Waals surface area contributed by atoms with Gasteiger partial charge < -0.3 is 35.0 Å². The predicted octanol–water partition coefficient (Wildman–Crippen LogP) is -0.786. The van der Waals surface area contributed by atoms with Crippen molar-refractivity contribution in [2.24, 2.45) is 0 Å². The average molecular weight is 328 g/mol. The smallest absolute Gasteiger partial charge is 0.371 e. The van der Waals surface area contributed by atoms with Crippen molar-refractivity contribution in [2.75, 3.05) is 26.4 Å². The molecule has 8 heteroatoms. The molecular formula is C15H20O8. The maximum absolute atomic E-state index is 11.1. The highest BCUT2D eigenvalue weighted by Crippen LogP contribution is 2.15. The Hall–Kier alpha value is -2.13. The van der Waals surface area contributed by atoms with Gasteiger partial charge in [-0.05, 0) is 23.8 Å². The van der Waals surface area contributed by atoms with Crippen LogP contribution in [0.5, 0.6) is 5.75 Å². The molecule has 0 fully saturated rings. The first kappa shape index (κ1) is 18.9. The molecule has 0 aliphatic rings. The molecule has 0 aromatic heterocycles. The van der Waals surface area contributed by atoms with Crippen molar-refractivity contribution >= 4 is 12.0 Å². The number of carboxylic acid groups (broad SMARTS) is 1. The van der Waals surface area contributed by atoms with Crippen LogP contribution in [0.1, 0.15) is 5.56 Å². The summed E-state index contributed by atoms with van der Waals surface area (Å²) in [6.07, 6.45) is -0.871. The lowest BCUT2D eigenvalue weighted by molar-refractivity contribution is -0.137. The number of ether oxygens (including phenoxy) is 2. The van der Waals surface area contributed by atoms with Gasteiger partial charge in [-0.1, -0.05) is 12.1 Å².